The standard InChI is InChI=1S/C23H24N2O3/c1-14-4-2-5-15(12-14)22-18-7-3-6-17(18)19-13-16(8-9-20(19)25-22)23(28)24-11-10-21(26)27/h2-6,8-9,12-13,17-18,22,25H,7,10-11H2,1H3,(H,24,28)(H,26,27)/t17-,18+,22-/m0/s1. The summed E-state index contributed by atoms with van der Waals surface area (Å²) in [6.45, 7) is 2.24. The van der Waals surface area contributed by atoms with Crippen LogP contribution in [0.3, 0.4) is 0 Å². The summed E-state index contributed by atoms with van der Waals surface area (Å²) in [5.74, 6) is -0.465. The van der Waals surface area contributed by atoms with Gasteiger partial charge in [-0.15, -0.1) is 0 Å². The van der Waals surface area contributed by atoms with Crippen LogP contribution < -0.4 is 10.6 Å². The number of nitrogens with one attached hydrogen (secondary N) is 2. The molecule has 1 aliphatic carbocycles. The molecule has 1 amide bonds. The maximum atomic E-state index is 12.4. The normalized spacial score (nSPS) is 22.1. The molecule has 28 heavy (non-hydrogen) atoms. The van der Waals surface area contributed by atoms with Crippen LogP contribution in [0.5, 0.6) is 0 Å². The van der Waals surface area contributed by atoms with E-state index in [0.717, 1.165) is 17.7 Å². The number of carbonyl (C=O) groups excluding carboxylic acids is 1. The largest absolute Gasteiger partial charge is 0.481 e. The number of hydrogen-bond donors (Lipinski definition) is 3. The van der Waals surface area contributed by atoms with Crippen molar-refractivity contribution in [2.24, 2.45) is 5.92 Å². The van der Waals surface area contributed by atoms with Crippen LogP contribution in [0.15, 0.2) is 54.6 Å². The average molecular weight is 376 g/mol. The summed E-state index contributed by atoms with van der Waals surface area (Å²) in [6.07, 6.45) is 5.41. The molecule has 0 saturated heterocycles. The molecule has 3 N–H and O–H groups in total. The van der Waals surface area contributed by atoms with E-state index < -0.39 is 5.97 Å². The molecular weight excluding hydrogens is 352 g/mol. The third-order valence-electron chi connectivity index (χ3n) is 5.65. The molecular formula is C23H24N2O3. The number of aliphatic carboxylic acids is 1. The molecule has 1 heterocycles. The second-order valence-electron chi connectivity index (χ2n) is 7.59. The van der Waals surface area contributed by atoms with Crippen molar-refractivity contribution >= 4 is 17.6 Å². The second kappa shape index (κ2) is 7.50. The van der Waals surface area contributed by atoms with Crippen LogP contribution in [0.4, 0.5) is 5.69 Å². The maximum absolute atomic E-state index is 12.4. The molecule has 2 aliphatic rings. The predicted molar refractivity (Wildman–Crippen MR) is 109 cm³/mol. The molecule has 144 valence electrons. The second-order valence-corrected chi connectivity index (χ2v) is 7.59. The van der Waals surface area contributed by atoms with Gasteiger partial charge in [-0.2, -0.15) is 0 Å². The van der Waals surface area contributed by atoms with Crippen molar-refractivity contribution in [3.8, 4) is 0 Å². The Labute approximate surface area is 164 Å². The topological polar surface area (TPSA) is 78.4 Å². The number of carboxylic acids is 1. The van der Waals surface area contributed by atoms with E-state index in [1.54, 1.807) is 6.07 Å². The molecule has 0 saturated carbocycles. The van der Waals surface area contributed by atoms with Gasteiger partial charge in [0.2, 0.25) is 0 Å². The van der Waals surface area contributed by atoms with Gasteiger partial charge in [0.05, 0.1) is 12.5 Å². The number of rotatable bonds is 5. The number of allylic oxidation sites excluding steroid dienone is 2. The van der Waals surface area contributed by atoms with Crippen molar-refractivity contribution in [3.63, 3.8) is 0 Å². The fourth-order valence-corrected chi connectivity index (χ4v) is 4.31. The van der Waals surface area contributed by atoms with Crippen LogP contribution in [0.1, 0.15) is 51.8 Å². The first-order chi connectivity index (χ1) is 13.5. The molecule has 2 aromatic carbocycles. The number of benzene rings is 2. The lowest BCUT2D eigenvalue weighted by atomic mass is 9.76. The summed E-state index contributed by atoms with van der Waals surface area (Å²) in [5, 5.41) is 15.1. The van der Waals surface area contributed by atoms with E-state index in [-0.39, 0.29) is 30.8 Å². The first-order valence-corrected chi connectivity index (χ1v) is 9.66. The van der Waals surface area contributed by atoms with E-state index in [2.05, 4.69) is 54.0 Å². The van der Waals surface area contributed by atoms with Crippen LogP contribution in [0, 0.1) is 12.8 Å². The van der Waals surface area contributed by atoms with Gasteiger partial charge in [0.25, 0.3) is 5.91 Å². The minimum absolute atomic E-state index is 0.0795. The van der Waals surface area contributed by atoms with Gasteiger partial charge in [0.15, 0.2) is 0 Å². The quantitative estimate of drug-likeness (QED) is 0.689. The van der Waals surface area contributed by atoms with Gasteiger partial charge in [-0.25, -0.2) is 0 Å². The van der Waals surface area contributed by atoms with Gasteiger partial charge in [-0.3, -0.25) is 9.59 Å². The molecule has 5 nitrogen and oxygen atoms in total. The van der Waals surface area contributed by atoms with E-state index in [9.17, 15) is 9.59 Å². The summed E-state index contributed by atoms with van der Waals surface area (Å²) < 4.78 is 0. The molecule has 0 radical (unpaired) electrons. The molecule has 5 heteroatoms. The number of hydrogen-bond acceptors (Lipinski definition) is 3. The zero-order valence-corrected chi connectivity index (χ0v) is 15.8. The Morgan fingerprint density at radius 3 is 2.86 bits per heavy atom. The van der Waals surface area contributed by atoms with E-state index in [0.29, 0.717) is 11.5 Å². The zero-order chi connectivity index (χ0) is 19.7. The molecule has 0 spiro atoms. The lowest BCUT2D eigenvalue weighted by molar-refractivity contribution is -0.136. The molecule has 0 bridgehead atoms. The minimum Gasteiger partial charge on any atom is -0.481 e. The molecule has 2 aromatic rings. The van der Waals surface area contributed by atoms with Gasteiger partial charge in [0, 0.05) is 23.7 Å². The highest BCUT2D eigenvalue weighted by atomic mass is 16.4. The Morgan fingerprint density at radius 1 is 1.21 bits per heavy atom. The minimum atomic E-state index is -0.920. The van der Waals surface area contributed by atoms with Crippen molar-refractivity contribution < 1.29 is 14.7 Å². The van der Waals surface area contributed by atoms with Crippen LogP contribution in [-0.2, 0) is 4.79 Å². The van der Waals surface area contributed by atoms with Crippen molar-refractivity contribution in [3.05, 3.63) is 76.9 Å². The van der Waals surface area contributed by atoms with Crippen LogP contribution in [0.2, 0.25) is 0 Å². The molecule has 0 fully saturated rings. The fourth-order valence-electron chi connectivity index (χ4n) is 4.31. The fraction of sp³-hybridized carbons (Fsp3) is 0.304. The van der Waals surface area contributed by atoms with E-state index in [1.165, 1.54) is 11.1 Å². The van der Waals surface area contributed by atoms with Crippen LogP contribution in [-0.4, -0.2) is 23.5 Å². The first-order valence-electron chi connectivity index (χ1n) is 9.66. The number of fused-ring (bicyclic) bond motifs is 3. The van der Waals surface area contributed by atoms with E-state index >= 15 is 0 Å². The van der Waals surface area contributed by atoms with Gasteiger partial charge in [0.1, 0.15) is 0 Å². The predicted octanol–water partition coefficient (Wildman–Crippen LogP) is 4.03. The lowest BCUT2D eigenvalue weighted by Gasteiger charge is -2.37. The summed E-state index contributed by atoms with van der Waals surface area (Å²) >= 11 is 0. The van der Waals surface area contributed by atoms with Gasteiger partial charge in [-0.05, 0) is 48.6 Å². The summed E-state index contributed by atoms with van der Waals surface area (Å²) in [7, 11) is 0. The Bertz CT molecular complexity index is 951. The van der Waals surface area contributed by atoms with Crippen LogP contribution in [0.25, 0.3) is 0 Å². The third kappa shape index (κ3) is 3.52. The molecule has 0 aromatic heterocycles. The van der Waals surface area contributed by atoms with E-state index in [4.69, 9.17) is 5.11 Å². The number of anilines is 1. The average Bonchev–Trinajstić information content (AvgIpc) is 3.16. The third-order valence-corrected chi connectivity index (χ3v) is 5.65. The highest BCUT2D eigenvalue weighted by molar-refractivity contribution is 5.95. The number of amides is 1. The van der Waals surface area contributed by atoms with Gasteiger partial charge >= 0.3 is 5.97 Å². The SMILES string of the molecule is Cc1cccc([C@@H]2Nc3ccc(C(=O)NCCC(=O)O)cc3[C@H]3C=CC[C@H]32)c1. The Kier molecular flexibility index (Phi) is 4.90. The van der Waals surface area contributed by atoms with Crippen molar-refractivity contribution in [1.82, 2.24) is 5.32 Å². The Hall–Kier alpha value is -3.08. The van der Waals surface area contributed by atoms with Gasteiger partial charge < -0.3 is 15.7 Å². The van der Waals surface area contributed by atoms with Crippen molar-refractivity contribution in [2.45, 2.75) is 31.7 Å². The monoisotopic (exact) mass is 376 g/mol. The highest BCUT2D eigenvalue weighted by Gasteiger charge is 2.38. The Balaban J connectivity index is 1.60. The van der Waals surface area contributed by atoms with E-state index in [1.807, 2.05) is 12.1 Å². The summed E-state index contributed by atoms with van der Waals surface area (Å²) in [5.41, 5.74) is 5.30. The molecule has 3 atom stereocenters. The maximum Gasteiger partial charge on any atom is 0.305 e. The van der Waals surface area contributed by atoms with Crippen molar-refractivity contribution in [2.75, 3.05) is 11.9 Å². The molecule has 1 aliphatic heterocycles. The Morgan fingerprint density at radius 2 is 2.07 bits per heavy atom. The summed E-state index contributed by atoms with van der Waals surface area (Å²) in [6, 6.07) is 14.6. The van der Waals surface area contributed by atoms with Crippen LogP contribution >= 0.6 is 0 Å². The number of carbonyl (C=O) groups is 2. The first kappa shape index (κ1) is 18.3. The lowest BCUT2D eigenvalue weighted by Crippen LogP contribution is -2.30. The van der Waals surface area contributed by atoms with Crippen molar-refractivity contribution in [1.29, 1.82) is 0 Å². The zero-order valence-electron chi connectivity index (χ0n) is 15.8. The number of aryl methyl sites for hydroxylation is 1. The smallest absolute Gasteiger partial charge is 0.305 e. The molecule has 4 rings (SSSR count). The van der Waals surface area contributed by atoms with Gasteiger partial charge in [-0.1, -0.05) is 42.0 Å². The summed E-state index contributed by atoms with van der Waals surface area (Å²) in [4.78, 5) is 23.0. The molecule has 0 unspecified atom stereocenters. The highest BCUT2D eigenvalue weighted by Crippen LogP contribution is 2.49. The number of carboxylic acid groups (broad SMARTS) is 1.